The third-order valence-corrected chi connectivity index (χ3v) is 4.87. The first-order valence-electron chi connectivity index (χ1n) is 9.53. The van der Waals surface area contributed by atoms with Gasteiger partial charge in [-0.15, -0.1) is 0 Å². The molecule has 156 valence electrons. The minimum absolute atomic E-state index is 0.0341. The van der Waals surface area contributed by atoms with Crippen molar-refractivity contribution in [1.82, 2.24) is 10.2 Å². The van der Waals surface area contributed by atoms with Crippen LogP contribution in [-0.2, 0) is 16.1 Å². The lowest BCUT2D eigenvalue weighted by atomic mass is 10.1. The van der Waals surface area contributed by atoms with E-state index in [4.69, 9.17) is 27.9 Å². The lowest BCUT2D eigenvalue weighted by Gasteiger charge is -2.31. The summed E-state index contributed by atoms with van der Waals surface area (Å²) in [5, 5.41) is 3.84. The van der Waals surface area contributed by atoms with Gasteiger partial charge in [-0.1, -0.05) is 54.4 Å². The number of hydrogen-bond acceptors (Lipinski definition) is 3. The van der Waals surface area contributed by atoms with E-state index in [-0.39, 0.29) is 31.0 Å². The summed E-state index contributed by atoms with van der Waals surface area (Å²) in [4.78, 5) is 27.3. The highest BCUT2D eigenvalue weighted by molar-refractivity contribution is 6.35. The Labute approximate surface area is 181 Å². The number of carbonyl (C=O) groups excluding carboxylic acids is 2. The second-order valence-corrected chi connectivity index (χ2v) is 7.79. The smallest absolute Gasteiger partial charge is 0.261 e. The fraction of sp³-hybridized carbons (Fsp3) is 0.364. The third kappa shape index (κ3) is 6.94. The van der Waals surface area contributed by atoms with Crippen LogP contribution in [0.4, 0.5) is 0 Å². The normalized spacial score (nSPS) is 11.8. The molecule has 0 aromatic heterocycles. The molecule has 0 spiro atoms. The fourth-order valence-corrected chi connectivity index (χ4v) is 3.35. The number of benzene rings is 2. The first-order chi connectivity index (χ1) is 13.8. The Morgan fingerprint density at radius 2 is 1.79 bits per heavy atom. The third-order valence-electron chi connectivity index (χ3n) is 4.28. The molecule has 0 bridgehead atoms. The molecular formula is C22H26Cl2N2O3. The van der Waals surface area contributed by atoms with Crippen LogP contribution < -0.4 is 10.1 Å². The molecule has 5 nitrogen and oxygen atoms in total. The monoisotopic (exact) mass is 436 g/mol. The molecule has 2 amide bonds. The molecule has 2 rings (SSSR count). The van der Waals surface area contributed by atoms with Crippen LogP contribution in [0.5, 0.6) is 5.75 Å². The van der Waals surface area contributed by atoms with Gasteiger partial charge in [-0.3, -0.25) is 9.59 Å². The van der Waals surface area contributed by atoms with E-state index in [0.717, 1.165) is 0 Å². The number of nitrogens with zero attached hydrogens (tertiary/aromatic N) is 1. The zero-order valence-corrected chi connectivity index (χ0v) is 18.3. The maximum Gasteiger partial charge on any atom is 0.261 e. The van der Waals surface area contributed by atoms with Gasteiger partial charge in [0.25, 0.3) is 5.91 Å². The van der Waals surface area contributed by atoms with Crippen molar-refractivity contribution < 1.29 is 14.3 Å². The summed E-state index contributed by atoms with van der Waals surface area (Å²) >= 11 is 12.3. The Balaban J connectivity index is 2.24. The molecule has 0 heterocycles. The summed E-state index contributed by atoms with van der Waals surface area (Å²) in [5.74, 6) is 0.0799. The van der Waals surface area contributed by atoms with Gasteiger partial charge >= 0.3 is 0 Å². The Morgan fingerprint density at radius 1 is 1.10 bits per heavy atom. The van der Waals surface area contributed by atoms with Gasteiger partial charge in [-0.05, 0) is 50.1 Å². The van der Waals surface area contributed by atoms with E-state index in [1.165, 1.54) is 4.90 Å². The van der Waals surface area contributed by atoms with Crippen molar-refractivity contribution in [3.63, 3.8) is 0 Å². The molecule has 0 saturated heterocycles. The predicted octanol–water partition coefficient (Wildman–Crippen LogP) is 4.70. The zero-order chi connectivity index (χ0) is 21.4. The standard InChI is InChI=1S/C22H26Cl2N2O3/c1-4-20(22(28)25-15(2)3)26(13-16-10-11-17(23)12-19(16)24)21(27)14-29-18-8-6-5-7-9-18/h5-12,15,20H,4,13-14H2,1-3H3,(H,25,28)/t20-/m0/s1. The summed E-state index contributed by atoms with van der Waals surface area (Å²) in [6.45, 7) is 5.63. The van der Waals surface area contributed by atoms with Gasteiger partial charge in [0.15, 0.2) is 6.61 Å². The second-order valence-electron chi connectivity index (χ2n) is 6.95. The molecule has 0 aliphatic heterocycles. The molecule has 0 aliphatic rings. The maximum absolute atomic E-state index is 13.0. The molecule has 1 atom stereocenters. The van der Waals surface area contributed by atoms with Crippen LogP contribution in [0.3, 0.4) is 0 Å². The number of amides is 2. The Hall–Kier alpha value is -2.24. The van der Waals surface area contributed by atoms with Crippen LogP contribution in [0.2, 0.25) is 10.0 Å². The van der Waals surface area contributed by atoms with Gasteiger partial charge in [0, 0.05) is 22.6 Å². The second kappa shape index (κ2) is 11.1. The van der Waals surface area contributed by atoms with Crippen molar-refractivity contribution in [3.05, 3.63) is 64.1 Å². The highest BCUT2D eigenvalue weighted by Gasteiger charge is 2.29. The van der Waals surface area contributed by atoms with Crippen LogP contribution in [0.15, 0.2) is 48.5 Å². The number of rotatable bonds is 9. The van der Waals surface area contributed by atoms with Gasteiger partial charge in [0.2, 0.25) is 5.91 Å². The SMILES string of the molecule is CC[C@@H](C(=O)NC(C)C)N(Cc1ccc(Cl)cc1Cl)C(=O)COc1ccccc1. The van der Waals surface area contributed by atoms with E-state index in [1.54, 1.807) is 30.3 Å². The van der Waals surface area contributed by atoms with Crippen LogP contribution in [-0.4, -0.2) is 35.4 Å². The molecule has 2 aromatic carbocycles. The van der Waals surface area contributed by atoms with E-state index in [9.17, 15) is 9.59 Å². The summed E-state index contributed by atoms with van der Waals surface area (Å²) in [5.41, 5.74) is 0.708. The molecule has 0 fully saturated rings. The average Bonchev–Trinajstić information content (AvgIpc) is 2.68. The average molecular weight is 437 g/mol. The van der Waals surface area contributed by atoms with Crippen LogP contribution in [0.25, 0.3) is 0 Å². The van der Waals surface area contributed by atoms with Crippen molar-refractivity contribution in [2.45, 2.75) is 45.8 Å². The van der Waals surface area contributed by atoms with Gasteiger partial charge in [0.1, 0.15) is 11.8 Å². The molecule has 1 N–H and O–H groups in total. The van der Waals surface area contributed by atoms with Gasteiger partial charge in [-0.25, -0.2) is 0 Å². The van der Waals surface area contributed by atoms with Gasteiger partial charge < -0.3 is 15.0 Å². The highest BCUT2D eigenvalue weighted by Crippen LogP contribution is 2.24. The molecule has 29 heavy (non-hydrogen) atoms. The molecule has 0 aliphatic carbocycles. The number of nitrogens with one attached hydrogen (secondary N) is 1. The van der Waals surface area contributed by atoms with E-state index >= 15 is 0 Å². The maximum atomic E-state index is 13.0. The molecule has 2 aromatic rings. The molecule has 0 saturated carbocycles. The highest BCUT2D eigenvalue weighted by atomic mass is 35.5. The number of halogens is 2. The van der Waals surface area contributed by atoms with Crippen molar-refractivity contribution in [3.8, 4) is 5.75 Å². The number of carbonyl (C=O) groups is 2. The Morgan fingerprint density at radius 3 is 2.38 bits per heavy atom. The van der Waals surface area contributed by atoms with E-state index in [0.29, 0.717) is 27.8 Å². The van der Waals surface area contributed by atoms with Gasteiger partial charge in [0.05, 0.1) is 0 Å². The van der Waals surface area contributed by atoms with E-state index < -0.39 is 6.04 Å². The summed E-state index contributed by atoms with van der Waals surface area (Å²) in [6.07, 6.45) is 0.459. The first-order valence-corrected chi connectivity index (χ1v) is 10.3. The molecule has 0 unspecified atom stereocenters. The lowest BCUT2D eigenvalue weighted by Crippen LogP contribution is -2.51. The molecular weight excluding hydrogens is 411 g/mol. The Bertz CT molecular complexity index is 828. The summed E-state index contributed by atoms with van der Waals surface area (Å²) < 4.78 is 5.61. The number of ether oxygens (including phenoxy) is 1. The molecule has 0 radical (unpaired) electrons. The quantitative estimate of drug-likeness (QED) is 0.619. The van der Waals surface area contributed by atoms with Gasteiger partial charge in [-0.2, -0.15) is 0 Å². The fourth-order valence-electron chi connectivity index (χ4n) is 2.88. The first kappa shape index (κ1) is 23.0. The van der Waals surface area contributed by atoms with E-state index in [1.807, 2.05) is 39.0 Å². The lowest BCUT2D eigenvalue weighted by molar-refractivity contribution is -0.143. The van der Waals surface area contributed by atoms with Crippen molar-refractivity contribution >= 4 is 35.0 Å². The van der Waals surface area contributed by atoms with Crippen LogP contribution in [0, 0.1) is 0 Å². The largest absolute Gasteiger partial charge is 0.484 e. The van der Waals surface area contributed by atoms with Crippen LogP contribution >= 0.6 is 23.2 Å². The van der Waals surface area contributed by atoms with Crippen molar-refractivity contribution in [2.24, 2.45) is 0 Å². The number of hydrogen-bond donors (Lipinski definition) is 1. The molecule has 7 heteroatoms. The van der Waals surface area contributed by atoms with E-state index in [2.05, 4.69) is 5.32 Å². The minimum atomic E-state index is -0.643. The zero-order valence-electron chi connectivity index (χ0n) is 16.8. The number of para-hydroxylation sites is 1. The van der Waals surface area contributed by atoms with Crippen molar-refractivity contribution in [1.29, 1.82) is 0 Å². The Kier molecular flexibility index (Phi) is 8.80. The van der Waals surface area contributed by atoms with Crippen molar-refractivity contribution in [2.75, 3.05) is 6.61 Å². The van der Waals surface area contributed by atoms with Crippen LogP contribution in [0.1, 0.15) is 32.8 Å². The topological polar surface area (TPSA) is 58.6 Å². The predicted molar refractivity (Wildman–Crippen MR) is 116 cm³/mol. The summed E-state index contributed by atoms with van der Waals surface area (Å²) in [7, 11) is 0. The summed E-state index contributed by atoms with van der Waals surface area (Å²) in [6, 6.07) is 13.5. The minimum Gasteiger partial charge on any atom is -0.484 e.